The van der Waals surface area contributed by atoms with Gasteiger partial charge in [-0.1, -0.05) is 19.9 Å². The number of fused-ring (bicyclic) bond motifs is 3. The predicted octanol–water partition coefficient (Wildman–Crippen LogP) is 5.12. The Bertz CT molecular complexity index is 1080. The van der Waals surface area contributed by atoms with E-state index in [0.29, 0.717) is 33.7 Å². The van der Waals surface area contributed by atoms with E-state index in [1.54, 1.807) is 18.2 Å². The van der Waals surface area contributed by atoms with Crippen LogP contribution in [-0.2, 0) is 4.79 Å². The molecule has 0 aliphatic heterocycles. The standard InChI is InChI=1S/C24H27NO3/c1-21-8-15-9-23(12-22(2,11-21)14-24(15,23)13-21)10-19(26)25-18-5-3-4-17-16(18)6-7-28-20(17)27/h3-7,15H,8-14H2,1-2H3,(H,25,26). The maximum Gasteiger partial charge on any atom is 0.343 e. The molecule has 0 saturated heterocycles. The molecular weight excluding hydrogens is 350 g/mol. The van der Waals surface area contributed by atoms with Crippen LogP contribution >= 0.6 is 0 Å². The summed E-state index contributed by atoms with van der Waals surface area (Å²) in [7, 11) is 0. The Kier molecular flexibility index (Phi) is 2.94. The van der Waals surface area contributed by atoms with Gasteiger partial charge in [-0.2, -0.15) is 0 Å². The lowest BCUT2D eigenvalue weighted by atomic mass is 9.45. The number of hydrogen-bond acceptors (Lipinski definition) is 3. The molecule has 28 heavy (non-hydrogen) atoms. The van der Waals surface area contributed by atoms with E-state index in [0.717, 1.165) is 11.3 Å². The van der Waals surface area contributed by atoms with Crippen molar-refractivity contribution in [3.8, 4) is 0 Å². The number of rotatable bonds is 3. The Morgan fingerprint density at radius 2 is 1.89 bits per heavy atom. The smallest absolute Gasteiger partial charge is 0.343 e. The highest BCUT2D eigenvalue weighted by atomic mass is 16.4. The van der Waals surface area contributed by atoms with Crippen LogP contribution in [0.2, 0.25) is 0 Å². The van der Waals surface area contributed by atoms with Crippen LogP contribution in [0.5, 0.6) is 0 Å². The molecule has 1 N–H and O–H groups in total. The van der Waals surface area contributed by atoms with Gasteiger partial charge in [0, 0.05) is 17.5 Å². The van der Waals surface area contributed by atoms with Crippen molar-refractivity contribution in [3.05, 3.63) is 40.9 Å². The average Bonchev–Trinajstić information content (AvgIpc) is 2.86. The zero-order valence-electron chi connectivity index (χ0n) is 16.6. The first-order valence-corrected chi connectivity index (χ1v) is 10.6. The van der Waals surface area contributed by atoms with Gasteiger partial charge in [0.2, 0.25) is 5.91 Å². The van der Waals surface area contributed by atoms with Crippen LogP contribution in [0.1, 0.15) is 58.8 Å². The maximum absolute atomic E-state index is 13.2. The van der Waals surface area contributed by atoms with Crippen molar-refractivity contribution in [1.82, 2.24) is 0 Å². The monoisotopic (exact) mass is 377 g/mol. The first-order chi connectivity index (χ1) is 13.3. The van der Waals surface area contributed by atoms with Gasteiger partial charge in [-0.25, -0.2) is 4.79 Å². The zero-order chi connectivity index (χ0) is 19.4. The third-order valence-corrected chi connectivity index (χ3v) is 8.83. The van der Waals surface area contributed by atoms with Crippen LogP contribution in [0, 0.1) is 27.6 Å². The quantitative estimate of drug-likeness (QED) is 0.808. The van der Waals surface area contributed by atoms with E-state index in [1.165, 1.54) is 44.8 Å². The van der Waals surface area contributed by atoms with Crippen molar-refractivity contribution in [1.29, 1.82) is 0 Å². The Morgan fingerprint density at radius 1 is 1.07 bits per heavy atom. The third kappa shape index (κ3) is 1.96. The minimum absolute atomic E-state index is 0.0957. The normalized spacial score (nSPS) is 42.4. The molecule has 4 aliphatic carbocycles. The topological polar surface area (TPSA) is 59.3 Å². The molecular formula is C24H27NO3. The van der Waals surface area contributed by atoms with Crippen molar-refractivity contribution in [3.63, 3.8) is 0 Å². The molecule has 4 fully saturated rings. The first kappa shape index (κ1) is 16.8. The highest BCUT2D eigenvalue weighted by molar-refractivity contribution is 6.01. The number of nitrogens with one attached hydrogen (secondary N) is 1. The van der Waals surface area contributed by atoms with E-state index in [1.807, 2.05) is 6.07 Å². The largest absolute Gasteiger partial charge is 0.431 e. The van der Waals surface area contributed by atoms with Crippen LogP contribution in [0.3, 0.4) is 0 Å². The summed E-state index contributed by atoms with van der Waals surface area (Å²) in [4.78, 5) is 25.1. The van der Waals surface area contributed by atoms with Gasteiger partial charge in [0.1, 0.15) is 0 Å². The summed E-state index contributed by atoms with van der Waals surface area (Å²) in [6.07, 6.45) is 9.79. The lowest BCUT2D eigenvalue weighted by Crippen LogP contribution is -2.53. The zero-order valence-corrected chi connectivity index (χ0v) is 16.6. The van der Waals surface area contributed by atoms with E-state index in [2.05, 4.69) is 19.2 Å². The van der Waals surface area contributed by atoms with Crippen LogP contribution in [-0.4, -0.2) is 5.91 Å². The summed E-state index contributed by atoms with van der Waals surface area (Å²) < 4.78 is 4.96. The van der Waals surface area contributed by atoms with Crippen LogP contribution < -0.4 is 10.9 Å². The van der Waals surface area contributed by atoms with Gasteiger partial charge in [-0.05, 0) is 84.3 Å². The molecule has 4 nitrogen and oxygen atoms in total. The summed E-state index contributed by atoms with van der Waals surface area (Å²) in [6, 6.07) is 7.18. The molecule has 4 aliphatic rings. The fourth-order valence-corrected chi connectivity index (χ4v) is 8.85. The Balaban J connectivity index is 1.30. The number of carbonyl (C=O) groups is 1. The molecule has 1 heterocycles. The molecule has 1 aromatic heterocycles. The lowest BCUT2D eigenvalue weighted by molar-refractivity contribution is -0.136. The van der Waals surface area contributed by atoms with Gasteiger partial charge in [0.15, 0.2) is 0 Å². The lowest BCUT2D eigenvalue weighted by Gasteiger charge is -2.59. The summed E-state index contributed by atoms with van der Waals surface area (Å²) in [6.45, 7) is 4.96. The van der Waals surface area contributed by atoms with Gasteiger partial charge >= 0.3 is 5.63 Å². The molecule has 1 amide bonds. The molecule has 4 saturated carbocycles. The highest BCUT2D eigenvalue weighted by Crippen LogP contribution is 2.87. The molecule has 5 unspecified atom stereocenters. The Hall–Kier alpha value is -2.10. The van der Waals surface area contributed by atoms with Gasteiger partial charge in [0.25, 0.3) is 0 Å². The molecule has 1 aromatic carbocycles. The van der Waals surface area contributed by atoms with E-state index in [4.69, 9.17) is 4.42 Å². The maximum atomic E-state index is 13.2. The van der Waals surface area contributed by atoms with Gasteiger partial charge in [-0.3, -0.25) is 4.79 Å². The van der Waals surface area contributed by atoms with Crippen LogP contribution in [0.4, 0.5) is 5.69 Å². The van der Waals surface area contributed by atoms with Gasteiger partial charge in [-0.15, -0.1) is 0 Å². The number of amides is 1. The first-order valence-electron chi connectivity index (χ1n) is 10.6. The minimum atomic E-state index is -0.365. The van der Waals surface area contributed by atoms with Crippen LogP contribution in [0.25, 0.3) is 10.8 Å². The summed E-state index contributed by atoms with van der Waals surface area (Å²) in [5.41, 5.74) is 1.85. The molecule has 3 bridgehead atoms. The summed E-state index contributed by atoms with van der Waals surface area (Å²) in [5, 5.41) is 4.39. The molecule has 6 rings (SSSR count). The number of anilines is 1. The van der Waals surface area contributed by atoms with Crippen molar-refractivity contribution in [2.24, 2.45) is 27.6 Å². The number of hydrogen-bond donors (Lipinski definition) is 1. The van der Waals surface area contributed by atoms with E-state index in [-0.39, 0.29) is 16.9 Å². The minimum Gasteiger partial charge on any atom is -0.431 e. The van der Waals surface area contributed by atoms with E-state index >= 15 is 0 Å². The molecule has 2 aromatic rings. The second-order valence-electron chi connectivity index (χ2n) is 11.1. The van der Waals surface area contributed by atoms with Crippen molar-refractivity contribution < 1.29 is 9.21 Å². The van der Waals surface area contributed by atoms with Gasteiger partial charge in [0.05, 0.1) is 11.6 Å². The van der Waals surface area contributed by atoms with E-state index < -0.39 is 0 Å². The van der Waals surface area contributed by atoms with Crippen molar-refractivity contribution in [2.75, 3.05) is 5.32 Å². The third-order valence-electron chi connectivity index (χ3n) is 8.83. The molecule has 5 atom stereocenters. The van der Waals surface area contributed by atoms with Gasteiger partial charge < -0.3 is 9.73 Å². The summed E-state index contributed by atoms with van der Waals surface area (Å²) in [5.74, 6) is 0.926. The van der Waals surface area contributed by atoms with Crippen molar-refractivity contribution >= 4 is 22.4 Å². The molecule has 0 radical (unpaired) electrons. The fourth-order valence-electron chi connectivity index (χ4n) is 8.85. The molecule has 4 heteroatoms. The Labute approximate surface area is 164 Å². The van der Waals surface area contributed by atoms with Crippen LogP contribution in [0.15, 0.2) is 39.7 Å². The SMILES string of the molecule is CC12CC3CC4(CC(=O)Nc5cccc6c(=O)occc56)CC(C)(C1)CC34C2. The average molecular weight is 377 g/mol. The number of carbonyl (C=O) groups excluding carboxylic acids is 1. The molecule has 146 valence electrons. The molecule has 1 spiro atoms. The summed E-state index contributed by atoms with van der Waals surface area (Å²) >= 11 is 0. The highest BCUT2D eigenvalue weighted by Gasteiger charge is 2.79. The Morgan fingerprint density at radius 3 is 2.75 bits per heavy atom. The predicted molar refractivity (Wildman–Crippen MR) is 108 cm³/mol. The van der Waals surface area contributed by atoms with Crippen molar-refractivity contribution in [2.45, 2.75) is 58.8 Å². The number of benzene rings is 1. The van der Waals surface area contributed by atoms with E-state index in [9.17, 15) is 9.59 Å². The second kappa shape index (κ2) is 4.90. The fraction of sp³-hybridized carbons (Fsp3) is 0.583. The second-order valence-corrected chi connectivity index (χ2v) is 11.1.